The first-order chi connectivity index (χ1) is 11.4. The first-order valence-electron chi connectivity index (χ1n) is 7.23. The Morgan fingerprint density at radius 3 is 2.58 bits per heavy atom. The second-order valence-corrected chi connectivity index (χ2v) is 5.53. The van der Waals surface area contributed by atoms with Crippen molar-refractivity contribution in [3.63, 3.8) is 0 Å². The molecule has 0 aliphatic heterocycles. The van der Waals surface area contributed by atoms with Gasteiger partial charge < -0.3 is 14.8 Å². The predicted octanol–water partition coefficient (Wildman–Crippen LogP) is 2.54. The number of urea groups is 1. The van der Waals surface area contributed by atoms with Crippen molar-refractivity contribution in [1.82, 2.24) is 10.6 Å². The van der Waals surface area contributed by atoms with Crippen molar-refractivity contribution < 1.29 is 23.9 Å². The molecule has 0 saturated heterocycles. The Morgan fingerprint density at radius 1 is 1.17 bits per heavy atom. The minimum atomic E-state index is -0.775. The van der Waals surface area contributed by atoms with Crippen LogP contribution in [0.25, 0.3) is 0 Å². The third kappa shape index (κ3) is 8.03. The van der Waals surface area contributed by atoms with Crippen molar-refractivity contribution in [2.75, 3.05) is 19.8 Å². The van der Waals surface area contributed by atoms with Crippen LogP contribution in [-0.2, 0) is 14.3 Å². The number of ether oxygens (including phenoxy) is 2. The molecule has 1 aromatic carbocycles. The van der Waals surface area contributed by atoms with Crippen LogP contribution in [-0.4, -0.2) is 37.7 Å². The van der Waals surface area contributed by atoms with Crippen LogP contribution in [0, 0.1) is 0 Å². The van der Waals surface area contributed by atoms with Gasteiger partial charge in [0.2, 0.25) is 0 Å². The van der Waals surface area contributed by atoms with E-state index in [2.05, 4.69) is 5.32 Å². The monoisotopic (exact) mass is 376 g/mol. The van der Waals surface area contributed by atoms with Gasteiger partial charge in [0.15, 0.2) is 13.2 Å². The number of rotatable bonds is 8. The summed E-state index contributed by atoms with van der Waals surface area (Å²) in [5, 5.41) is 5.22. The first kappa shape index (κ1) is 20.1. The molecule has 7 nitrogen and oxygen atoms in total. The van der Waals surface area contributed by atoms with E-state index in [9.17, 15) is 14.4 Å². The zero-order valence-electron chi connectivity index (χ0n) is 13.1. The van der Waals surface area contributed by atoms with Crippen LogP contribution < -0.4 is 15.4 Å². The van der Waals surface area contributed by atoms with E-state index in [1.54, 1.807) is 6.07 Å². The van der Waals surface area contributed by atoms with Crippen molar-refractivity contribution >= 4 is 41.1 Å². The summed E-state index contributed by atoms with van der Waals surface area (Å²) in [6.07, 6.45) is 1.73. The van der Waals surface area contributed by atoms with Gasteiger partial charge in [-0.2, -0.15) is 0 Å². The van der Waals surface area contributed by atoms with Crippen LogP contribution in [0.15, 0.2) is 18.2 Å². The molecule has 0 unspecified atom stereocenters. The number of unbranched alkanes of at least 4 members (excludes halogenated alkanes) is 1. The molecule has 0 bridgehead atoms. The molecule has 0 aliphatic rings. The van der Waals surface area contributed by atoms with Gasteiger partial charge in [-0.3, -0.25) is 10.1 Å². The molecule has 1 rings (SSSR count). The summed E-state index contributed by atoms with van der Waals surface area (Å²) in [6.45, 7) is 1.42. The number of hydrogen-bond acceptors (Lipinski definition) is 5. The maximum atomic E-state index is 11.5. The highest BCUT2D eigenvalue weighted by Crippen LogP contribution is 2.27. The maximum Gasteiger partial charge on any atom is 0.344 e. The molecular weight excluding hydrogens is 359 g/mol. The number of carbonyl (C=O) groups is 3. The predicted molar refractivity (Wildman–Crippen MR) is 89.4 cm³/mol. The summed E-state index contributed by atoms with van der Waals surface area (Å²) in [5.74, 6) is -1.25. The van der Waals surface area contributed by atoms with Gasteiger partial charge in [-0.25, -0.2) is 9.59 Å². The molecule has 1 aromatic rings. The molecular formula is C15H18Cl2N2O5. The van der Waals surface area contributed by atoms with Gasteiger partial charge in [0.25, 0.3) is 5.91 Å². The first-order valence-corrected chi connectivity index (χ1v) is 7.99. The SMILES string of the molecule is CCCCNC(=O)NC(=O)COC(=O)COc1ccc(Cl)cc1Cl. The fourth-order valence-electron chi connectivity index (χ4n) is 1.50. The zero-order chi connectivity index (χ0) is 17.9. The van der Waals surface area contributed by atoms with E-state index in [1.807, 2.05) is 12.2 Å². The Bertz CT molecular complexity index is 595. The van der Waals surface area contributed by atoms with E-state index in [0.717, 1.165) is 12.8 Å². The maximum absolute atomic E-state index is 11.5. The molecule has 24 heavy (non-hydrogen) atoms. The summed E-state index contributed by atoms with van der Waals surface area (Å²) >= 11 is 11.6. The number of amides is 3. The van der Waals surface area contributed by atoms with Crippen molar-refractivity contribution in [2.24, 2.45) is 0 Å². The average molecular weight is 377 g/mol. The number of imide groups is 1. The number of hydrogen-bond donors (Lipinski definition) is 2. The molecule has 9 heteroatoms. The lowest BCUT2D eigenvalue weighted by Gasteiger charge is -2.09. The number of esters is 1. The highest BCUT2D eigenvalue weighted by molar-refractivity contribution is 6.35. The lowest BCUT2D eigenvalue weighted by Crippen LogP contribution is -2.41. The topological polar surface area (TPSA) is 93.7 Å². The van der Waals surface area contributed by atoms with Crippen LogP contribution in [0.5, 0.6) is 5.75 Å². The quantitative estimate of drug-likeness (QED) is 0.537. The van der Waals surface area contributed by atoms with Gasteiger partial charge in [-0.1, -0.05) is 36.5 Å². The Hall–Kier alpha value is -1.99. The average Bonchev–Trinajstić information content (AvgIpc) is 2.52. The Labute approximate surface area is 149 Å². The molecule has 0 fully saturated rings. The van der Waals surface area contributed by atoms with E-state index in [1.165, 1.54) is 12.1 Å². The third-order valence-corrected chi connectivity index (χ3v) is 3.20. The van der Waals surface area contributed by atoms with Gasteiger partial charge in [0.1, 0.15) is 5.75 Å². The Morgan fingerprint density at radius 2 is 1.92 bits per heavy atom. The molecule has 0 spiro atoms. The van der Waals surface area contributed by atoms with Crippen LogP contribution in [0.1, 0.15) is 19.8 Å². The molecule has 0 heterocycles. The van der Waals surface area contributed by atoms with Crippen LogP contribution in [0.4, 0.5) is 4.79 Å². The molecule has 132 valence electrons. The number of carbonyl (C=O) groups excluding carboxylic acids is 3. The van der Waals surface area contributed by atoms with Crippen molar-refractivity contribution in [2.45, 2.75) is 19.8 Å². The third-order valence-electron chi connectivity index (χ3n) is 2.67. The highest BCUT2D eigenvalue weighted by atomic mass is 35.5. The van der Waals surface area contributed by atoms with Gasteiger partial charge in [-0.15, -0.1) is 0 Å². The lowest BCUT2D eigenvalue weighted by atomic mass is 10.3. The normalized spacial score (nSPS) is 9.96. The van der Waals surface area contributed by atoms with Crippen LogP contribution >= 0.6 is 23.2 Å². The van der Waals surface area contributed by atoms with E-state index < -0.39 is 31.1 Å². The van der Waals surface area contributed by atoms with Crippen LogP contribution in [0.3, 0.4) is 0 Å². The Balaban J connectivity index is 2.25. The lowest BCUT2D eigenvalue weighted by molar-refractivity contribution is -0.150. The summed E-state index contributed by atoms with van der Waals surface area (Å²) < 4.78 is 9.85. The Kier molecular flexibility index (Phi) is 8.96. The fraction of sp³-hybridized carbons (Fsp3) is 0.400. The number of nitrogens with one attached hydrogen (secondary N) is 2. The fourth-order valence-corrected chi connectivity index (χ4v) is 1.97. The van der Waals surface area contributed by atoms with Crippen LogP contribution in [0.2, 0.25) is 10.0 Å². The second-order valence-electron chi connectivity index (χ2n) is 4.68. The molecule has 0 atom stereocenters. The largest absolute Gasteiger partial charge is 0.480 e. The van der Waals surface area contributed by atoms with E-state index in [4.69, 9.17) is 32.7 Å². The van der Waals surface area contributed by atoms with E-state index in [-0.39, 0.29) is 10.8 Å². The molecule has 2 N–H and O–H groups in total. The summed E-state index contributed by atoms with van der Waals surface area (Å²) in [7, 11) is 0. The van der Waals surface area contributed by atoms with Crippen molar-refractivity contribution in [3.8, 4) is 5.75 Å². The molecule has 0 aliphatic carbocycles. The van der Waals surface area contributed by atoms with Gasteiger partial charge in [-0.05, 0) is 24.6 Å². The molecule has 0 saturated carbocycles. The van der Waals surface area contributed by atoms with Gasteiger partial charge in [0.05, 0.1) is 5.02 Å². The highest BCUT2D eigenvalue weighted by Gasteiger charge is 2.12. The smallest absolute Gasteiger partial charge is 0.344 e. The minimum absolute atomic E-state index is 0.247. The summed E-state index contributed by atoms with van der Waals surface area (Å²) in [4.78, 5) is 34.2. The number of benzene rings is 1. The summed E-state index contributed by atoms with van der Waals surface area (Å²) in [6, 6.07) is 3.90. The molecule has 0 radical (unpaired) electrons. The molecule has 0 aromatic heterocycles. The summed E-state index contributed by atoms with van der Waals surface area (Å²) in [5.41, 5.74) is 0. The van der Waals surface area contributed by atoms with Crippen molar-refractivity contribution in [1.29, 1.82) is 0 Å². The number of halogens is 2. The van der Waals surface area contributed by atoms with Gasteiger partial charge >= 0.3 is 12.0 Å². The second kappa shape index (κ2) is 10.7. The van der Waals surface area contributed by atoms with Gasteiger partial charge in [0, 0.05) is 11.6 Å². The zero-order valence-corrected chi connectivity index (χ0v) is 14.6. The standard InChI is InChI=1S/C15H18Cl2N2O5/c1-2-3-6-18-15(22)19-13(20)8-24-14(21)9-23-12-5-4-10(16)7-11(12)17/h4-5,7H,2-3,6,8-9H2,1H3,(H2,18,19,20,22). The molecule has 3 amide bonds. The van der Waals surface area contributed by atoms with Crippen molar-refractivity contribution in [3.05, 3.63) is 28.2 Å². The van der Waals surface area contributed by atoms with E-state index >= 15 is 0 Å². The minimum Gasteiger partial charge on any atom is -0.480 e. The van der Waals surface area contributed by atoms with E-state index in [0.29, 0.717) is 11.6 Å².